The second kappa shape index (κ2) is 8.50. The van der Waals surface area contributed by atoms with E-state index in [4.69, 9.17) is 10.5 Å². The van der Waals surface area contributed by atoms with Gasteiger partial charge in [-0.15, -0.1) is 0 Å². The van der Waals surface area contributed by atoms with Gasteiger partial charge in [-0.25, -0.2) is 4.39 Å². The number of para-hydroxylation sites is 1. The number of hydrogen-bond donors (Lipinski definition) is 2. The lowest BCUT2D eigenvalue weighted by atomic mass is 10.1. The molecule has 4 rings (SSSR count). The number of ether oxygens (including phenoxy) is 1. The number of amides is 2. The second-order valence-electron chi connectivity index (χ2n) is 7.07. The van der Waals surface area contributed by atoms with Crippen molar-refractivity contribution in [2.75, 3.05) is 41.5 Å². The fourth-order valence-corrected chi connectivity index (χ4v) is 3.54. The number of hydrazone groups is 1. The van der Waals surface area contributed by atoms with Gasteiger partial charge in [-0.1, -0.05) is 18.2 Å². The predicted molar refractivity (Wildman–Crippen MR) is 112 cm³/mol. The predicted octanol–water partition coefficient (Wildman–Crippen LogP) is 1.72. The van der Waals surface area contributed by atoms with Gasteiger partial charge in [0.05, 0.1) is 24.6 Å². The number of primary amides is 1. The third-order valence-corrected chi connectivity index (χ3v) is 5.08. The molecule has 2 aromatic carbocycles. The van der Waals surface area contributed by atoms with Crippen LogP contribution >= 0.6 is 0 Å². The van der Waals surface area contributed by atoms with Crippen LogP contribution in [0.15, 0.2) is 53.6 Å². The minimum Gasteiger partial charge on any atom is -0.378 e. The minimum atomic E-state index is -0.756. The molecular weight excluding hydrogens is 389 g/mol. The Labute approximate surface area is 173 Å². The van der Waals surface area contributed by atoms with E-state index in [0.717, 1.165) is 0 Å². The van der Waals surface area contributed by atoms with E-state index in [1.807, 2.05) is 11.0 Å². The van der Waals surface area contributed by atoms with Crippen LogP contribution in [0.4, 0.5) is 21.5 Å². The first-order valence-corrected chi connectivity index (χ1v) is 9.67. The first-order chi connectivity index (χ1) is 14.5. The van der Waals surface area contributed by atoms with Crippen molar-refractivity contribution in [1.82, 2.24) is 0 Å². The summed E-state index contributed by atoms with van der Waals surface area (Å²) >= 11 is 0. The molecule has 1 unspecified atom stereocenters. The van der Waals surface area contributed by atoms with Crippen LogP contribution in [-0.4, -0.2) is 49.9 Å². The molecule has 1 atom stereocenters. The van der Waals surface area contributed by atoms with Crippen molar-refractivity contribution >= 4 is 34.6 Å². The Hall–Kier alpha value is -3.46. The number of hydrogen-bond acceptors (Lipinski definition) is 6. The first-order valence-electron chi connectivity index (χ1n) is 9.67. The van der Waals surface area contributed by atoms with Gasteiger partial charge < -0.3 is 20.7 Å². The number of nitrogens with zero attached hydrogens (tertiary/aromatic N) is 3. The molecule has 2 amide bonds. The molecule has 30 heavy (non-hydrogen) atoms. The van der Waals surface area contributed by atoms with Crippen molar-refractivity contribution in [2.45, 2.75) is 12.5 Å². The number of carbonyl (C=O) groups excluding carboxylic acids is 2. The van der Waals surface area contributed by atoms with E-state index < -0.39 is 23.7 Å². The molecule has 0 saturated carbocycles. The summed E-state index contributed by atoms with van der Waals surface area (Å²) in [5, 5.41) is 8.39. The summed E-state index contributed by atoms with van der Waals surface area (Å²) in [6, 6.07) is 12.8. The number of benzene rings is 2. The molecular formula is C21H22FN5O3. The van der Waals surface area contributed by atoms with Gasteiger partial charge in [0.1, 0.15) is 17.6 Å². The molecule has 0 aromatic heterocycles. The smallest absolute Gasteiger partial charge is 0.271 e. The third-order valence-electron chi connectivity index (χ3n) is 5.08. The average molecular weight is 411 g/mol. The van der Waals surface area contributed by atoms with Crippen molar-refractivity contribution in [3.63, 3.8) is 0 Å². The SMILES string of the molecule is NC(=O)C1CC(C(=O)Nc2ccc(N3CCOCC3)c(F)c2)=NN1c1ccccc1. The minimum absolute atomic E-state index is 0.0738. The van der Waals surface area contributed by atoms with E-state index in [-0.39, 0.29) is 12.1 Å². The van der Waals surface area contributed by atoms with Crippen LogP contribution in [0.25, 0.3) is 0 Å². The Balaban J connectivity index is 1.49. The molecule has 3 N–H and O–H groups in total. The first kappa shape index (κ1) is 19.8. The van der Waals surface area contributed by atoms with Crippen molar-refractivity contribution in [3.05, 3.63) is 54.3 Å². The van der Waals surface area contributed by atoms with E-state index in [1.54, 1.807) is 36.4 Å². The molecule has 1 saturated heterocycles. The van der Waals surface area contributed by atoms with E-state index in [2.05, 4.69) is 10.4 Å². The van der Waals surface area contributed by atoms with Crippen LogP contribution in [0.5, 0.6) is 0 Å². The van der Waals surface area contributed by atoms with Crippen molar-refractivity contribution < 1.29 is 18.7 Å². The molecule has 2 heterocycles. The monoisotopic (exact) mass is 411 g/mol. The molecule has 9 heteroatoms. The number of carbonyl (C=O) groups is 2. The normalized spacial score (nSPS) is 18.8. The zero-order valence-electron chi connectivity index (χ0n) is 16.3. The lowest BCUT2D eigenvalue weighted by Gasteiger charge is -2.29. The highest BCUT2D eigenvalue weighted by molar-refractivity contribution is 6.44. The van der Waals surface area contributed by atoms with Gasteiger partial charge in [-0.2, -0.15) is 5.10 Å². The summed E-state index contributed by atoms with van der Waals surface area (Å²) in [7, 11) is 0. The van der Waals surface area contributed by atoms with E-state index in [1.165, 1.54) is 11.1 Å². The largest absolute Gasteiger partial charge is 0.378 e. The van der Waals surface area contributed by atoms with Gasteiger partial charge in [0.2, 0.25) is 5.91 Å². The lowest BCUT2D eigenvalue weighted by molar-refractivity contribution is -0.119. The van der Waals surface area contributed by atoms with Crippen molar-refractivity contribution in [2.24, 2.45) is 10.8 Å². The molecule has 156 valence electrons. The zero-order chi connectivity index (χ0) is 21.1. The summed E-state index contributed by atoms with van der Waals surface area (Å²) in [4.78, 5) is 26.4. The molecule has 0 spiro atoms. The Morgan fingerprint density at radius 1 is 1.13 bits per heavy atom. The average Bonchev–Trinajstić information content (AvgIpc) is 3.21. The molecule has 0 aliphatic carbocycles. The number of anilines is 3. The third kappa shape index (κ3) is 4.11. The Kier molecular flexibility index (Phi) is 5.62. The van der Waals surface area contributed by atoms with Crippen LogP contribution in [0.1, 0.15) is 6.42 Å². The maximum absolute atomic E-state index is 14.6. The Morgan fingerprint density at radius 3 is 2.53 bits per heavy atom. The molecule has 2 aromatic rings. The van der Waals surface area contributed by atoms with Gasteiger partial charge in [-0.05, 0) is 30.3 Å². The summed E-state index contributed by atoms with van der Waals surface area (Å²) < 4.78 is 19.9. The maximum Gasteiger partial charge on any atom is 0.271 e. The molecule has 8 nitrogen and oxygen atoms in total. The summed E-state index contributed by atoms with van der Waals surface area (Å²) in [5.74, 6) is -1.51. The van der Waals surface area contributed by atoms with E-state index >= 15 is 0 Å². The van der Waals surface area contributed by atoms with E-state index in [9.17, 15) is 14.0 Å². The molecule has 1 fully saturated rings. The van der Waals surface area contributed by atoms with Crippen LogP contribution in [0.2, 0.25) is 0 Å². The van der Waals surface area contributed by atoms with E-state index in [0.29, 0.717) is 43.4 Å². The number of halogens is 1. The van der Waals surface area contributed by atoms with Gasteiger partial charge in [0.15, 0.2) is 0 Å². The van der Waals surface area contributed by atoms with Crippen LogP contribution in [0.3, 0.4) is 0 Å². The number of nitrogens with one attached hydrogen (secondary N) is 1. The fourth-order valence-electron chi connectivity index (χ4n) is 3.54. The molecule has 0 bridgehead atoms. The van der Waals surface area contributed by atoms with Gasteiger partial charge in [-0.3, -0.25) is 14.6 Å². The van der Waals surface area contributed by atoms with Gasteiger partial charge >= 0.3 is 0 Å². The highest BCUT2D eigenvalue weighted by atomic mass is 19.1. The van der Waals surface area contributed by atoms with Crippen LogP contribution < -0.4 is 21.0 Å². The Morgan fingerprint density at radius 2 is 1.87 bits per heavy atom. The standard InChI is InChI=1S/C21H22FN5O3/c22-16-12-14(6-7-18(16)26-8-10-30-11-9-26)24-21(29)17-13-19(20(23)28)27(25-17)15-4-2-1-3-5-15/h1-7,12,19H,8-11,13H2,(H2,23,28)(H,24,29). The maximum atomic E-state index is 14.6. The quantitative estimate of drug-likeness (QED) is 0.780. The summed E-state index contributed by atoms with van der Waals surface area (Å²) in [5.41, 5.74) is 7.09. The molecule has 0 radical (unpaired) electrons. The molecule has 2 aliphatic heterocycles. The van der Waals surface area contributed by atoms with Crippen LogP contribution in [0, 0.1) is 5.82 Å². The lowest BCUT2D eigenvalue weighted by Crippen LogP contribution is -2.39. The fraction of sp³-hybridized carbons (Fsp3) is 0.286. The zero-order valence-corrected chi connectivity index (χ0v) is 16.3. The van der Waals surface area contributed by atoms with Crippen molar-refractivity contribution in [3.8, 4) is 0 Å². The highest BCUT2D eigenvalue weighted by Gasteiger charge is 2.35. The highest BCUT2D eigenvalue weighted by Crippen LogP contribution is 2.26. The second-order valence-corrected chi connectivity index (χ2v) is 7.07. The van der Waals surface area contributed by atoms with Crippen molar-refractivity contribution in [1.29, 1.82) is 0 Å². The molecule has 2 aliphatic rings. The number of morpholine rings is 1. The summed E-state index contributed by atoms with van der Waals surface area (Å²) in [6.45, 7) is 2.33. The topological polar surface area (TPSA) is 100 Å². The number of nitrogens with two attached hydrogens (primary N) is 1. The van der Waals surface area contributed by atoms with Gasteiger partial charge in [0, 0.05) is 25.2 Å². The Bertz CT molecular complexity index is 976. The number of rotatable bonds is 5. The van der Waals surface area contributed by atoms with Crippen LogP contribution in [-0.2, 0) is 14.3 Å². The van der Waals surface area contributed by atoms with Gasteiger partial charge in [0.25, 0.3) is 5.91 Å². The summed E-state index contributed by atoms with van der Waals surface area (Å²) in [6.07, 6.45) is 0.0738.